The van der Waals surface area contributed by atoms with Crippen molar-refractivity contribution in [3.8, 4) is 17.2 Å². The Morgan fingerprint density at radius 3 is 2.73 bits per heavy atom. The van der Waals surface area contributed by atoms with Crippen molar-refractivity contribution in [2.75, 3.05) is 20.7 Å². The van der Waals surface area contributed by atoms with Crippen molar-refractivity contribution in [3.05, 3.63) is 52.9 Å². The van der Waals surface area contributed by atoms with E-state index in [1.165, 1.54) is 0 Å². The van der Waals surface area contributed by atoms with E-state index < -0.39 is 93.6 Å². The van der Waals surface area contributed by atoms with Gasteiger partial charge in [0.2, 0.25) is 0 Å². The molecule has 1 N–H and O–H groups in total. The van der Waals surface area contributed by atoms with Crippen molar-refractivity contribution >= 4 is 0 Å². The number of methoxy groups -OCH3 is 2. The van der Waals surface area contributed by atoms with Crippen LogP contribution in [0.5, 0.6) is 17.2 Å². The lowest BCUT2D eigenvalue weighted by Gasteiger charge is -2.13. The monoisotopic (exact) mass is 373 g/mol. The summed E-state index contributed by atoms with van der Waals surface area (Å²) >= 11 is 0. The van der Waals surface area contributed by atoms with Crippen molar-refractivity contribution in [1.29, 1.82) is 0 Å². The van der Waals surface area contributed by atoms with Crippen LogP contribution in [-0.4, -0.2) is 31.9 Å². The predicted molar refractivity (Wildman–Crippen MR) is 105 cm³/mol. The van der Waals surface area contributed by atoms with Crippen LogP contribution in [0, 0.1) is 13.8 Å². The zero-order valence-corrected chi connectivity index (χ0v) is 14.5. The SMILES string of the molecule is [2H]c1c([2H])c(OCC([2H])(O)CCC([2H])([2H])Cc2c([2H])c([2H])c(OC([2H])([2H])[2H])c(OC([2H])([2H])[2H])c2[2H])c([2H])c(C)c1C. The first kappa shape index (κ1) is 7.81. The molecule has 1 atom stereocenters. The van der Waals surface area contributed by atoms with Crippen LogP contribution < -0.4 is 14.2 Å². The average molecular weight is 374 g/mol. The minimum Gasteiger partial charge on any atom is -0.493 e. The highest BCUT2D eigenvalue weighted by molar-refractivity contribution is 5.42. The molecule has 0 aromatic heterocycles. The van der Waals surface area contributed by atoms with Crippen LogP contribution in [0.1, 0.15) is 56.5 Å². The minimum atomic E-state index is -3.20. The highest BCUT2D eigenvalue weighted by atomic mass is 16.5. The van der Waals surface area contributed by atoms with Gasteiger partial charge in [-0.25, -0.2) is 0 Å². The summed E-state index contributed by atoms with van der Waals surface area (Å²) < 4.78 is 132. The molecule has 0 aliphatic carbocycles. The summed E-state index contributed by atoms with van der Waals surface area (Å²) in [4.78, 5) is 0. The fourth-order valence-corrected chi connectivity index (χ4v) is 1.93. The third kappa shape index (κ3) is 5.95. The molecule has 4 nitrogen and oxygen atoms in total. The van der Waals surface area contributed by atoms with Crippen molar-refractivity contribution in [3.63, 3.8) is 0 Å². The van der Waals surface area contributed by atoms with E-state index in [1.54, 1.807) is 13.8 Å². The molecule has 0 fully saturated rings. The summed E-state index contributed by atoms with van der Waals surface area (Å²) in [6.07, 6.45) is -6.65. The maximum Gasteiger partial charge on any atom is 0.160 e. The third-order valence-electron chi connectivity index (χ3n) is 3.50. The van der Waals surface area contributed by atoms with Crippen LogP contribution in [0.2, 0.25) is 0 Å². The first-order chi connectivity index (χ1) is 18.4. The largest absolute Gasteiger partial charge is 0.493 e. The normalized spacial score (nSPS) is 23.0. The summed E-state index contributed by atoms with van der Waals surface area (Å²) in [5.41, 5.74) is 0.303. The van der Waals surface area contributed by atoms with Crippen LogP contribution in [0.3, 0.4) is 0 Å². The molecule has 0 aliphatic heterocycles. The lowest BCUT2D eigenvalue weighted by atomic mass is 10.0. The van der Waals surface area contributed by atoms with E-state index in [9.17, 15) is 5.11 Å². The summed E-state index contributed by atoms with van der Waals surface area (Å²) in [5, 5.41) is 10.5. The van der Waals surface area contributed by atoms with Crippen molar-refractivity contribution in [1.82, 2.24) is 0 Å². The highest BCUT2D eigenvalue weighted by Gasteiger charge is 2.07. The second-order valence-electron chi connectivity index (χ2n) is 5.45. The second kappa shape index (κ2) is 10.1. The van der Waals surface area contributed by atoms with Gasteiger partial charge in [0.05, 0.1) is 38.0 Å². The fourth-order valence-electron chi connectivity index (χ4n) is 1.93. The quantitative estimate of drug-likeness (QED) is 0.667. The molecular formula is C22H30O4. The number of rotatable bonds is 10. The van der Waals surface area contributed by atoms with Gasteiger partial charge in [-0.3, -0.25) is 0 Å². The minimum absolute atomic E-state index is 0.179. The predicted octanol–water partition coefficient (Wildman–Crippen LogP) is 4.47. The van der Waals surface area contributed by atoms with Gasteiger partial charge in [0, 0.05) is 2.74 Å². The Morgan fingerprint density at radius 1 is 1.12 bits per heavy atom. The Morgan fingerprint density at radius 2 is 1.92 bits per heavy atom. The summed E-state index contributed by atoms with van der Waals surface area (Å²) in [7, 11) is -6.38. The highest BCUT2D eigenvalue weighted by Crippen LogP contribution is 2.28. The van der Waals surface area contributed by atoms with Gasteiger partial charge in [-0.2, -0.15) is 0 Å². The molecular weight excluding hydrogens is 328 g/mol. The van der Waals surface area contributed by atoms with Gasteiger partial charge in [-0.05, 0) is 73.9 Å². The van der Waals surface area contributed by atoms with Gasteiger partial charge in [0.15, 0.2) is 11.5 Å². The number of hydrogen-bond acceptors (Lipinski definition) is 4. The summed E-state index contributed by atoms with van der Waals surface area (Å²) in [6, 6.07) is -3.38. The average Bonchev–Trinajstić information content (AvgIpc) is 2.82. The van der Waals surface area contributed by atoms with Crippen molar-refractivity contribution < 1.29 is 39.9 Å². The molecule has 2 aromatic carbocycles. The maximum atomic E-state index is 10.5. The Kier molecular flexibility index (Phi) is 3.03. The number of aliphatic hydroxyl groups is 1. The molecule has 142 valence electrons. The number of ether oxygens (including phenoxy) is 3. The molecule has 0 heterocycles. The fraction of sp³-hybridized carbons (Fsp3) is 0.455. The Labute approximate surface area is 177 Å². The zero-order chi connectivity index (χ0) is 31.9. The molecule has 26 heavy (non-hydrogen) atoms. The zero-order valence-electron chi connectivity index (χ0n) is 29.5. The molecule has 0 aliphatic rings. The van der Waals surface area contributed by atoms with Crippen LogP contribution in [0.4, 0.5) is 0 Å². The van der Waals surface area contributed by atoms with Crippen LogP contribution in [-0.2, 0) is 6.42 Å². The van der Waals surface area contributed by atoms with E-state index in [0.29, 0.717) is 11.1 Å². The van der Waals surface area contributed by atoms with E-state index >= 15 is 0 Å². The molecule has 0 bridgehead atoms. The molecule has 2 aromatic rings. The van der Waals surface area contributed by atoms with E-state index in [4.69, 9.17) is 30.0 Å². The lowest BCUT2D eigenvalue weighted by Crippen LogP contribution is -2.17. The van der Waals surface area contributed by atoms with E-state index in [0.717, 1.165) is 0 Å². The molecule has 4 heteroatoms. The van der Waals surface area contributed by atoms with Gasteiger partial charge in [-0.15, -0.1) is 0 Å². The molecule has 1 unspecified atom stereocenters. The van der Waals surface area contributed by atoms with Gasteiger partial charge >= 0.3 is 0 Å². The van der Waals surface area contributed by atoms with Gasteiger partial charge < -0.3 is 19.3 Å². The standard InChI is InChI=1S/C22H30O4/c1-16-9-11-20(13-17(16)2)26-15-19(23)8-6-5-7-18-10-12-21(24-3)22(14-18)25-4/h9-14,19,23H,5-8,15H2,1-4H3/i3D3,4D3,5D2,9D,10D,11D,12D,13D,14D,19D. The molecule has 2 rings (SSSR count). The van der Waals surface area contributed by atoms with Gasteiger partial charge in [0.25, 0.3) is 0 Å². The topological polar surface area (TPSA) is 47.9 Å². The summed E-state index contributed by atoms with van der Waals surface area (Å²) in [6.45, 7) is 2.36. The first-order valence-electron chi connectivity index (χ1n) is 15.3. The Hall–Kier alpha value is -2.20. The smallest absolute Gasteiger partial charge is 0.160 e. The van der Waals surface area contributed by atoms with Gasteiger partial charge in [-0.1, -0.05) is 18.5 Å². The molecule has 0 amide bonds. The van der Waals surface area contributed by atoms with Crippen LogP contribution >= 0.6 is 0 Å². The number of hydrogen-bond donors (Lipinski definition) is 1. The molecule has 0 saturated heterocycles. The third-order valence-corrected chi connectivity index (χ3v) is 3.50. The van der Waals surface area contributed by atoms with Crippen molar-refractivity contribution in [2.45, 2.75) is 45.6 Å². The number of benzene rings is 2. The second-order valence-corrected chi connectivity index (χ2v) is 5.45. The van der Waals surface area contributed by atoms with Gasteiger partial charge in [0.1, 0.15) is 12.4 Å². The lowest BCUT2D eigenvalue weighted by molar-refractivity contribution is 0.0976. The molecule has 0 saturated carbocycles. The maximum absolute atomic E-state index is 10.5. The Bertz CT molecular complexity index is 1260. The van der Waals surface area contributed by atoms with Crippen LogP contribution in [0.15, 0.2) is 36.3 Å². The van der Waals surface area contributed by atoms with E-state index in [-0.39, 0.29) is 17.8 Å². The Balaban J connectivity index is 2.31. The summed E-state index contributed by atoms with van der Waals surface area (Å²) in [5.74, 6) is -2.27. The molecule has 0 radical (unpaired) electrons. The van der Waals surface area contributed by atoms with E-state index in [2.05, 4.69) is 4.74 Å². The van der Waals surface area contributed by atoms with E-state index in [1.807, 2.05) is 0 Å². The molecule has 0 spiro atoms. The van der Waals surface area contributed by atoms with Crippen molar-refractivity contribution in [2.24, 2.45) is 0 Å². The van der Waals surface area contributed by atoms with Crippen LogP contribution in [0.25, 0.3) is 0 Å². The first-order valence-corrected chi connectivity index (χ1v) is 7.80.